The maximum Gasteiger partial charge on any atom is 0.233 e. The minimum atomic E-state index is -1.67. The first kappa shape index (κ1) is 16.1. The molecular formula is C16H11F3N2O3S. The fourth-order valence-corrected chi connectivity index (χ4v) is 4.07. The molecule has 1 saturated heterocycles. The molecule has 25 heavy (non-hydrogen) atoms. The molecular weight excluding hydrogens is 357 g/mol. The van der Waals surface area contributed by atoms with Gasteiger partial charge in [0.05, 0.1) is 23.9 Å². The van der Waals surface area contributed by atoms with Crippen molar-refractivity contribution in [3.05, 3.63) is 34.6 Å². The van der Waals surface area contributed by atoms with Gasteiger partial charge in [-0.05, 0) is 18.9 Å². The fraction of sp³-hybridized carbons (Fsp3) is 0.312. The van der Waals surface area contributed by atoms with E-state index in [-0.39, 0.29) is 40.8 Å². The van der Waals surface area contributed by atoms with Crippen LogP contribution in [0.2, 0.25) is 0 Å². The first-order valence-corrected chi connectivity index (χ1v) is 8.37. The molecule has 0 spiro atoms. The summed E-state index contributed by atoms with van der Waals surface area (Å²) in [5, 5.41) is 9.31. The number of hydrogen-bond donors (Lipinski definition) is 1. The summed E-state index contributed by atoms with van der Waals surface area (Å²) in [5.41, 5.74) is -0.383. The van der Waals surface area contributed by atoms with Crippen molar-refractivity contribution >= 4 is 23.2 Å². The van der Waals surface area contributed by atoms with Gasteiger partial charge in [-0.25, -0.2) is 13.8 Å². The maximum absolute atomic E-state index is 14.0. The summed E-state index contributed by atoms with van der Waals surface area (Å²) in [4.78, 5) is 29.9. The first-order valence-electron chi connectivity index (χ1n) is 7.55. The SMILES string of the molecule is O=C1[C@H]2CC[C@H]2C(=O)N1Cc1cnc(-c2cc(F)c(F)c(O)c2F)s1. The van der Waals surface area contributed by atoms with E-state index in [4.69, 9.17) is 0 Å². The molecule has 0 bridgehead atoms. The van der Waals surface area contributed by atoms with Gasteiger partial charge in [-0.2, -0.15) is 4.39 Å². The standard InChI is InChI=1S/C16H11F3N2O3S/c17-10-3-9(11(18)13(22)12(10)19)14-20-4-6(25-14)5-21-15(23)7-1-2-8(7)16(21)24/h3-4,7-8,22H,1-2,5H2/t7-,8+. The lowest BCUT2D eigenvalue weighted by Gasteiger charge is -2.24. The normalized spacial score (nSPS) is 22.3. The highest BCUT2D eigenvalue weighted by Gasteiger charge is 2.52. The lowest BCUT2D eigenvalue weighted by Crippen LogP contribution is -2.29. The number of likely N-dealkylation sites (tertiary alicyclic amines) is 1. The Hall–Kier alpha value is -2.42. The summed E-state index contributed by atoms with van der Waals surface area (Å²) in [6.45, 7) is 0.0135. The summed E-state index contributed by atoms with van der Waals surface area (Å²) >= 11 is 0.940. The van der Waals surface area contributed by atoms with Gasteiger partial charge in [0.2, 0.25) is 17.6 Å². The van der Waals surface area contributed by atoms with E-state index < -0.39 is 23.2 Å². The second-order valence-corrected chi connectivity index (χ2v) is 7.18. The zero-order valence-corrected chi connectivity index (χ0v) is 13.4. The lowest BCUT2D eigenvalue weighted by molar-refractivity contribution is -0.140. The van der Waals surface area contributed by atoms with Crippen LogP contribution >= 0.6 is 11.3 Å². The minimum Gasteiger partial charge on any atom is -0.503 e. The lowest BCUT2D eigenvalue weighted by atomic mass is 9.76. The van der Waals surface area contributed by atoms with Crippen LogP contribution in [0.3, 0.4) is 0 Å². The highest BCUT2D eigenvalue weighted by Crippen LogP contribution is 2.43. The predicted octanol–water partition coefficient (Wildman–Crippen LogP) is 2.83. The molecule has 2 fully saturated rings. The zero-order chi connectivity index (χ0) is 17.9. The van der Waals surface area contributed by atoms with Crippen molar-refractivity contribution in [3.8, 4) is 16.3 Å². The van der Waals surface area contributed by atoms with Gasteiger partial charge in [0.1, 0.15) is 5.01 Å². The van der Waals surface area contributed by atoms with Crippen molar-refractivity contribution in [2.75, 3.05) is 0 Å². The predicted molar refractivity (Wildman–Crippen MR) is 80.9 cm³/mol. The summed E-state index contributed by atoms with van der Waals surface area (Å²) < 4.78 is 40.5. The number of aromatic nitrogens is 1. The molecule has 1 N–H and O–H groups in total. The molecule has 2 amide bonds. The molecule has 1 aliphatic heterocycles. The molecule has 0 unspecified atom stereocenters. The van der Waals surface area contributed by atoms with Crippen molar-refractivity contribution in [1.29, 1.82) is 0 Å². The molecule has 1 aromatic heterocycles. The Balaban J connectivity index is 1.61. The number of amides is 2. The van der Waals surface area contributed by atoms with E-state index >= 15 is 0 Å². The van der Waals surface area contributed by atoms with Crippen LogP contribution in [-0.2, 0) is 16.1 Å². The Kier molecular flexibility index (Phi) is 3.57. The number of imide groups is 1. The average molecular weight is 368 g/mol. The molecule has 4 rings (SSSR count). The number of aromatic hydroxyl groups is 1. The number of phenolic OH excluding ortho intramolecular Hbond substituents is 1. The Labute approximate surface area is 143 Å². The molecule has 2 heterocycles. The zero-order valence-electron chi connectivity index (χ0n) is 12.6. The largest absolute Gasteiger partial charge is 0.503 e. The molecule has 2 aromatic rings. The highest BCUT2D eigenvalue weighted by molar-refractivity contribution is 7.15. The number of phenols is 1. The monoisotopic (exact) mass is 368 g/mol. The van der Waals surface area contributed by atoms with Crippen LogP contribution in [0.1, 0.15) is 17.7 Å². The van der Waals surface area contributed by atoms with Crippen LogP contribution in [0.4, 0.5) is 13.2 Å². The van der Waals surface area contributed by atoms with Gasteiger partial charge in [-0.15, -0.1) is 11.3 Å². The molecule has 9 heteroatoms. The third-order valence-corrected chi connectivity index (χ3v) is 5.69. The van der Waals surface area contributed by atoms with Crippen molar-refractivity contribution in [2.24, 2.45) is 11.8 Å². The Bertz CT molecular complexity index is 892. The number of benzene rings is 1. The van der Waals surface area contributed by atoms with Crippen LogP contribution < -0.4 is 0 Å². The van der Waals surface area contributed by atoms with E-state index in [9.17, 15) is 27.9 Å². The van der Waals surface area contributed by atoms with Crippen molar-refractivity contribution in [2.45, 2.75) is 19.4 Å². The number of fused-ring (bicyclic) bond motifs is 1. The van der Waals surface area contributed by atoms with Crippen LogP contribution in [0.25, 0.3) is 10.6 Å². The minimum absolute atomic E-state index is 0.0135. The van der Waals surface area contributed by atoms with Crippen LogP contribution in [0, 0.1) is 29.3 Å². The van der Waals surface area contributed by atoms with Crippen molar-refractivity contribution in [1.82, 2.24) is 9.88 Å². The number of thiazole rings is 1. The third-order valence-electron chi connectivity index (χ3n) is 4.67. The van der Waals surface area contributed by atoms with Gasteiger partial charge in [0, 0.05) is 11.1 Å². The van der Waals surface area contributed by atoms with E-state index in [0.717, 1.165) is 11.3 Å². The highest BCUT2D eigenvalue weighted by atomic mass is 32.1. The van der Waals surface area contributed by atoms with E-state index in [1.54, 1.807) is 0 Å². The van der Waals surface area contributed by atoms with E-state index in [1.165, 1.54) is 11.1 Å². The van der Waals surface area contributed by atoms with E-state index in [2.05, 4.69) is 4.98 Å². The number of rotatable bonds is 3. The van der Waals surface area contributed by atoms with Crippen LogP contribution in [0.15, 0.2) is 12.3 Å². The van der Waals surface area contributed by atoms with Crippen LogP contribution in [0.5, 0.6) is 5.75 Å². The number of hydrogen-bond acceptors (Lipinski definition) is 5. The number of carbonyl (C=O) groups is 2. The van der Waals surface area contributed by atoms with E-state index in [1.807, 2.05) is 0 Å². The van der Waals surface area contributed by atoms with Crippen molar-refractivity contribution in [3.63, 3.8) is 0 Å². The van der Waals surface area contributed by atoms with Gasteiger partial charge < -0.3 is 5.11 Å². The molecule has 1 aliphatic carbocycles. The quantitative estimate of drug-likeness (QED) is 0.668. The topological polar surface area (TPSA) is 70.5 Å². The molecule has 2 atom stereocenters. The molecule has 130 valence electrons. The van der Waals surface area contributed by atoms with Gasteiger partial charge in [0.15, 0.2) is 17.4 Å². The summed E-state index contributed by atoms with van der Waals surface area (Å²) in [7, 11) is 0. The summed E-state index contributed by atoms with van der Waals surface area (Å²) in [6.07, 6.45) is 2.76. The Morgan fingerprint density at radius 3 is 2.40 bits per heavy atom. The van der Waals surface area contributed by atoms with Gasteiger partial charge in [-0.1, -0.05) is 0 Å². The second kappa shape index (κ2) is 5.55. The fourth-order valence-electron chi connectivity index (χ4n) is 3.16. The summed E-state index contributed by atoms with van der Waals surface area (Å²) in [6, 6.07) is 0.611. The molecule has 1 saturated carbocycles. The van der Waals surface area contributed by atoms with Crippen LogP contribution in [-0.4, -0.2) is 26.8 Å². The molecule has 0 radical (unpaired) electrons. The van der Waals surface area contributed by atoms with Gasteiger partial charge in [-0.3, -0.25) is 14.5 Å². The molecule has 5 nitrogen and oxygen atoms in total. The molecule has 1 aromatic carbocycles. The van der Waals surface area contributed by atoms with Crippen molar-refractivity contribution < 1.29 is 27.9 Å². The first-order chi connectivity index (χ1) is 11.9. The number of nitrogens with zero attached hydrogens (tertiary/aromatic N) is 2. The molecule has 2 aliphatic rings. The number of carbonyl (C=O) groups excluding carboxylic acids is 2. The third kappa shape index (κ3) is 2.33. The van der Waals surface area contributed by atoms with E-state index in [0.29, 0.717) is 23.8 Å². The maximum atomic E-state index is 14.0. The van der Waals surface area contributed by atoms with Gasteiger partial charge in [0.25, 0.3) is 0 Å². The Morgan fingerprint density at radius 2 is 1.80 bits per heavy atom. The summed E-state index contributed by atoms with van der Waals surface area (Å²) in [5.74, 6) is -6.69. The van der Waals surface area contributed by atoms with Gasteiger partial charge >= 0.3 is 0 Å². The second-order valence-electron chi connectivity index (χ2n) is 6.07. The smallest absolute Gasteiger partial charge is 0.233 e. The number of halogens is 3. The Morgan fingerprint density at radius 1 is 1.16 bits per heavy atom. The average Bonchev–Trinajstić information content (AvgIpc) is 3.06.